The molecule has 0 fully saturated rings. The molecule has 3 amide bonds. The van der Waals surface area contributed by atoms with E-state index < -0.39 is 12.0 Å². The van der Waals surface area contributed by atoms with Crippen molar-refractivity contribution in [3.05, 3.63) is 70.9 Å². The van der Waals surface area contributed by atoms with Gasteiger partial charge < -0.3 is 14.5 Å². The van der Waals surface area contributed by atoms with Gasteiger partial charge in [0.1, 0.15) is 0 Å². The molecule has 2 heterocycles. The van der Waals surface area contributed by atoms with Crippen molar-refractivity contribution in [1.29, 1.82) is 0 Å². The summed E-state index contributed by atoms with van der Waals surface area (Å²) in [5, 5.41) is 23.6. The molecule has 158 valence electrons. The Bertz CT molecular complexity index is 1150. The SMILES string of the molecule is O=C(O)Nc1ccc(-c2cc(C(=O)N3CCc4cc(C(=O)NO)ccc4C3)no2)cc1. The van der Waals surface area contributed by atoms with E-state index in [4.69, 9.17) is 14.8 Å². The highest BCUT2D eigenvalue weighted by Crippen LogP contribution is 2.25. The highest BCUT2D eigenvalue weighted by atomic mass is 16.5. The van der Waals surface area contributed by atoms with Gasteiger partial charge in [0.25, 0.3) is 11.8 Å². The van der Waals surface area contributed by atoms with Crippen LogP contribution in [-0.2, 0) is 13.0 Å². The van der Waals surface area contributed by atoms with Gasteiger partial charge in [-0.05, 0) is 53.9 Å². The number of rotatable bonds is 4. The Morgan fingerprint density at radius 1 is 1.03 bits per heavy atom. The molecule has 0 spiro atoms. The van der Waals surface area contributed by atoms with E-state index in [0.717, 1.165) is 11.1 Å². The summed E-state index contributed by atoms with van der Waals surface area (Å²) < 4.78 is 5.31. The molecule has 1 aliphatic heterocycles. The molecule has 2 aromatic carbocycles. The number of nitrogens with one attached hydrogen (secondary N) is 2. The predicted octanol–water partition coefficient (Wildman–Crippen LogP) is 2.75. The van der Waals surface area contributed by atoms with Crippen LogP contribution in [0.4, 0.5) is 10.5 Å². The fourth-order valence-corrected chi connectivity index (χ4v) is 3.45. The number of carbonyl (C=O) groups is 3. The summed E-state index contributed by atoms with van der Waals surface area (Å²) >= 11 is 0. The number of aromatic nitrogens is 1. The van der Waals surface area contributed by atoms with E-state index in [1.165, 1.54) is 0 Å². The van der Waals surface area contributed by atoms with E-state index in [2.05, 4.69) is 10.5 Å². The van der Waals surface area contributed by atoms with Crippen molar-refractivity contribution in [2.75, 3.05) is 11.9 Å². The molecule has 10 nitrogen and oxygen atoms in total. The minimum Gasteiger partial charge on any atom is -0.465 e. The average molecular weight is 422 g/mol. The van der Waals surface area contributed by atoms with Gasteiger partial charge in [-0.15, -0.1) is 0 Å². The molecule has 0 radical (unpaired) electrons. The standard InChI is InChI=1S/C21H18N4O6/c26-19(23-30)14-1-2-15-11-25(8-7-13(15)9-14)20(27)17-10-18(31-24-17)12-3-5-16(6-4-12)22-21(28)29/h1-6,9-10,22,30H,7-8,11H2,(H,23,26)(H,28,29). The van der Waals surface area contributed by atoms with Gasteiger partial charge >= 0.3 is 6.09 Å². The van der Waals surface area contributed by atoms with Gasteiger partial charge in [-0.2, -0.15) is 0 Å². The molecule has 0 unspecified atom stereocenters. The first-order chi connectivity index (χ1) is 14.9. The number of hydrogen-bond donors (Lipinski definition) is 4. The average Bonchev–Trinajstić information content (AvgIpc) is 3.27. The Morgan fingerprint density at radius 2 is 1.81 bits per heavy atom. The van der Waals surface area contributed by atoms with Crippen molar-refractivity contribution in [2.24, 2.45) is 0 Å². The van der Waals surface area contributed by atoms with E-state index in [9.17, 15) is 14.4 Å². The second-order valence-corrected chi connectivity index (χ2v) is 6.99. The van der Waals surface area contributed by atoms with Crippen molar-refractivity contribution < 1.29 is 29.2 Å². The van der Waals surface area contributed by atoms with Crippen LogP contribution < -0.4 is 10.8 Å². The first-order valence-corrected chi connectivity index (χ1v) is 9.37. The number of hydroxylamine groups is 1. The zero-order valence-corrected chi connectivity index (χ0v) is 16.2. The van der Waals surface area contributed by atoms with Crippen LogP contribution in [-0.4, -0.2) is 44.8 Å². The molecule has 0 atom stereocenters. The number of carboxylic acid groups (broad SMARTS) is 1. The second kappa shape index (κ2) is 8.28. The number of hydrogen-bond acceptors (Lipinski definition) is 6. The van der Waals surface area contributed by atoms with Crippen LogP contribution >= 0.6 is 0 Å². The van der Waals surface area contributed by atoms with E-state index >= 15 is 0 Å². The van der Waals surface area contributed by atoms with Gasteiger partial charge in [0.05, 0.1) is 0 Å². The van der Waals surface area contributed by atoms with Crippen molar-refractivity contribution in [1.82, 2.24) is 15.5 Å². The van der Waals surface area contributed by atoms with Gasteiger partial charge in [-0.25, -0.2) is 10.3 Å². The molecule has 1 aliphatic rings. The minimum atomic E-state index is -1.16. The van der Waals surface area contributed by atoms with E-state index in [1.807, 2.05) is 0 Å². The lowest BCUT2D eigenvalue weighted by atomic mass is 9.97. The largest absolute Gasteiger partial charge is 0.465 e. The van der Waals surface area contributed by atoms with Crippen molar-refractivity contribution in [3.8, 4) is 11.3 Å². The Kier molecular flexibility index (Phi) is 5.37. The molecule has 10 heteroatoms. The Labute approximate surface area is 176 Å². The number of nitrogens with zero attached hydrogens (tertiary/aromatic N) is 2. The molecule has 31 heavy (non-hydrogen) atoms. The van der Waals surface area contributed by atoms with Gasteiger partial charge in [0.15, 0.2) is 11.5 Å². The van der Waals surface area contributed by atoms with E-state index in [-0.39, 0.29) is 11.6 Å². The molecule has 4 N–H and O–H groups in total. The van der Waals surface area contributed by atoms with E-state index in [1.54, 1.807) is 58.9 Å². The molecule has 3 aromatic rings. The van der Waals surface area contributed by atoms with Gasteiger partial charge in [0, 0.05) is 36.0 Å². The van der Waals surface area contributed by atoms with Crippen LogP contribution in [0.3, 0.4) is 0 Å². The molecular formula is C21H18N4O6. The van der Waals surface area contributed by atoms with Crippen LogP contribution in [0.1, 0.15) is 32.0 Å². The minimum absolute atomic E-state index is 0.169. The van der Waals surface area contributed by atoms with Crippen molar-refractivity contribution in [3.63, 3.8) is 0 Å². The molecule has 0 bridgehead atoms. The van der Waals surface area contributed by atoms with Gasteiger partial charge in [0.2, 0.25) is 0 Å². The number of fused-ring (bicyclic) bond motifs is 1. The Balaban J connectivity index is 1.47. The number of benzene rings is 2. The smallest absolute Gasteiger partial charge is 0.409 e. The fraction of sp³-hybridized carbons (Fsp3) is 0.143. The van der Waals surface area contributed by atoms with Crippen LogP contribution in [0.2, 0.25) is 0 Å². The summed E-state index contributed by atoms with van der Waals surface area (Å²) in [7, 11) is 0. The first kappa shape index (κ1) is 20.1. The zero-order valence-electron chi connectivity index (χ0n) is 16.2. The molecular weight excluding hydrogens is 404 g/mol. The van der Waals surface area contributed by atoms with Crippen LogP contribution in [0, 0.1) is 0 Å². The highest BCUT2D eigenvalue weighted by Gasteiger charge is 2.25. The summed E-state index contributed by atoms with van der Waals surface area (Å²) in [5.74, 6) is -0.465. The third kappa shape index (κ3) is 4.23. The number of carbonyl (C=O) groups excluding carboxylic acids is 2. The Morgan fingerprint density at radius 3 is 2.52 bits per heavy atom. The van der Waals surface area contributed by atoms with Crippen molar-refractivity contribution in [2.45, 2.75) is 13.0 Å². The van der Waals surface area contributed by atoms with Gasteiger partial charge in [-0.1, -0.05) is 11.2 Å². The summed E-state index contributed by atoms with van der Waals surface area (Å²) in [4.78, 5) is 36.8. The normalized spacial score (nSPS) is 12.7. The lowest BCUT2D eigenvalue weighted by molar-refractivity contribution is 0.0701. The summed E-state index contributed by atoms with van der Waals surface area (Å²) in [6, 6.07) is 13.1. The van der Waals surface area contributed by atoms with Gasteiger partial charge in [-0.3, -0.25) is 20.1 Å². The quantitative estimate of drug-likeness (QED) is 0.374. The topological polar surface area (TPSA) is 145 Å². The summed E-state index contributed by atoms with van der Waals surface area (Å²) in [5.41, 5.74) is 5.07. The maximum Gasteiger partial charge on any atom is 0.409 e. The first-order valence-electron chi connectivity index (χ1n) is 9.37. The third-order valence-corrected chi connectivity index (χ3v) is 5.02. The predicted molar refractivity (Wildman–Crippen MR) is 108 cm³/mol. The summed E-state index contributed by atoms with van der Waals surface area (Å²) in [6.07, 6.45) is -0.590. The molecule has 0 aliphatic carbocycles. The van der Waals surface area contributed by atoms with Crippen molar-refractivity contribution >= 4 is 23.6 Å². The third-order valence-electron chi connectivity index (χ3n) is 5.02. The maximum atomic E-state index is 12.9. The molecule has 4 rings (SSSR count). The number of anilines is 1. The fourth-order valence-electron chi connectivity index (χ4n) is 3.45. The lowest BCUT2D eigenvalue weighted by Gasteiger charge is -2.28. The second-order valence-electron chi connectivity index (χ2n) is 6.99. The molecule has 1 aromatic heterocycles. The van der Waals surface area contributed by atoms with E-state index in [0.29, 0.717) is 42.1 Å². The van der Waals surface area contributed by atoms with Crippen LogP contribution in [0.5, 0.6) is 0 Å². The van der Waals surface area contributed by atoms with Crippen LogP contribution in [0.25, 0.3) is 11.3 Å². The highest BCUT2D eigenvalue weighted by molar-refractivity contribution is 5.94. The Hall–Kier alpha value is -4.18. The zero-order chi connectivity index (χ0) is 22.0. The van der Waals surface area contributed by atoms with Crippen LogP contribution in [0.15, 0.2) is 53.1 Å². The molecule has 0 saturated heterocycles. The molecule has 0 saturated carbocycles. The lowest BCUT2D eigenvalue weighted by Crippen LogP contribution is -2.36. The number of amides is 3. The maximum absolute atomic E-state index is 12.9. The summed E-state index contributed by atoms with van der Waals surface area (Å²) in [6.45, 7) is 0.820. The monoisotopic (exact) mass is 422 g/mol.